The smallest absolute Gasteiger partial charge is 0.265 e. The minimum absolute atomic E-state index is 0.247. The van der Waals surface area contributed by atoms with E-state index in [9.17, 15) is 4.79 Å². The zero-order valence-electron chi connectivity index (χ0n) is 12.0. The number of nitrogens with zero attached hydrogens (tertiary/aromatic N) is 1. The molecule has 1 aliphatic heterocycles. The largest absolute Gasteiger partial charge is 0.384 e. The Bertz CT molecular complexity index is 448. The molecule has 1 amide bonds. The summed E-state index contributed by atoms with van der Waals surface area (Å²) in [5.41, 5.74) is 3.92. The number of ether oxygens (including phenoxy) is 1. The van der Waals surface area contributed by atoms with Crippen molar-refractivity contribution in [1.82, 2.24) is 10.3 Å². The lowest BCUT2D eigenvalue weighted by Gasteiger charge is -2.32. The van der Waals surface area contributed by atoms with Crippen LogP contribution in [0.2, 0.25) is 0 Å². The monoisotopic (exact) mass is 277 g/mol. The summed E-state index contributed by atoms with van der Waals surface area (Å²) in [6, 6.07) is 7.63. The minimum Gasteiger partial charge on any atom is -0.384 e. The molecule has 1 aromatic carbocycles. The summed E-state index contributed by atoms with van der Waals surface area (Å²) in [7, 11) is 1.76. The minimum atomic E-state index is -0.247. The summed E-state index contributed by atoms with van der Waals surface area (Å²) >= 11 is 0. The molecule has 2 rings (SSSR count). The highest BCUT2D eigenvalue weighted by Gasteiger charge is 2.19. The van der Waals surface area contributed by atoms with Crippen LogP contribution in [-0.2, 0) is 11.3 Å². The van der Waals surface area contributed by atoms with Crippen molar-refractivity contribution < 1.29 is 9.53 Å². The summed E-state index contributed by atoms with van der Waals surface area (Å²) in [6.45, 7) is 3.85. The van der Waals surface area contributed by atoms with Crippen molar-refractivity contribution in [3.63, 3.8) is 0 Å². The van der Waals surface area contributed by atoms with Crippen LogP contribution in [-0.4, -0.2) is 37.6 Å². The molecule has 110 valence electrons. The van der Waals surface area contributed by atoms with Crippen LogP contribution in [0, 0.1) is 5.92 Å². The topological polar surface area (TPSA) is 67.6 Å². The number of methoxy groups -OCH3 is 1. The second-order valence-electron chi connectivity index (χ2n) is 5.37. The molecule has 1 aliphatic rings. The molecule has 3 N–H and O–H groups in total. The van der Waals surface area contributed by atoms with Gasteiger partial charge in [0, 0.05) is 25.8 Å². The van der Waals surface area contributed by atoms with Crippen molar-refractivity contribution in [3.05, 3.63) is 35.4 Å². The van der Waals surface area contributed by atoms with E-state index in [1.165, 1.54) is 12.8 Å². The molecule has 1 aromatic rings. The first kappa shape index (κ1) is 15.0. The van der Waals surface area contributed by atoms with Gasteiger partial charge in [-0.15, -0.1) is 0 Å². The highest BCUT2D eigenvalue weighted by Crippen LogP contribution is 2.19. The fourth-order valence-corrected chi connectivity index (χ4v) is 2.82. The van der Waals surface area contributed by atoms with Crippen molar-refractivity contribution in [3.8, 4) is 0 Å². The van der Waals surface area contributed by atoms with Crippen LogP contribution in [0.25, 0.3) is 0 Å². The fourth-order valence-electron chi connectivity index (χ4n) is 2.82. The van der Waals surface area contributed by atoms with Gasteiger partial charge in [-0.2, -0.15) is 0 Å². The highest BCUT2D eigenvalue weighted by molar-refractivity contribution is 5.93. The fraction of sp³-hybridized carbons (Fsp3) is 0.533. The molecular formula is C15H23N3O2. The van der Waals surface area contributed by atoms with Gasteiger partial charge in [0.15, 0.2) is 0 Å². The van der Waals surface area contributed by atoms with Gasteiger partial charge in [-0.1, -0.05) is 12.1 Å². The summed E-state index contributed by atoms with van der Waals surface area (Å²) in [5.74, 6) is 5.53. The number of benzene rings is 1. The Kier molecular flexibility index (Phi) is 5.52. The Morgan fingerprint density at radius 3 is 3.15 bits per heavy atom. The van der Waals surface area contributed by atoms with Crippen LogP contribution in [0.5, 0.6) is 0 Å². The van der Waals surface area contributed by atoms with Crippen LogP contribution in [0.15, 0.2) is 24.3 Å². The summed E-state index contributed by atoms with van der Waals surface area (Å²) in [5, 5.41) is 0. The Balaban J connectivity index is 1.97. The number of carbonyl (C=O) groups excluding carboxylic acids is 1. The van der Waals surface area contributed by atoms with Crippen molar-refractivity contribution in [2.45, 2.75) is 19.4 Å². The van der Waals surface area contributed by atoms with E-state index in [1.54, 1.807) is 13.2 Å². The predicted molar refractivity (Wildman–Crippen MR) is 78.0 cm³/mol. The molecule has 1 saturated heterocycles. The number of hydrogen-bond acceptors (Lipinski definition) is 4. The summed E-state index contributed by atoms with van der Waals surface area (Å²) in [4.78, 5) is 14.0. The third-order valence-electron chi connectivity index (χ3n) is 3.73. The van der Waals surface area contributed by atoms with Crippen LogP contribution in [0.3, 0.4) is 0 Å². The molecular weight excluding hydrogens is 254 g/mol. The molecule has 1 fully saturated rings. The normalized spacial score (nSPS) is 19.8. The number of hydrazine groups is 1. The van der Waals surface area contributed by atoms with E-state index >= 15 is 0 Å². The summed E-state index contributed by atoms with van der Waals surface area (Å²) in [6.07, 6.45) is 2.44. The standard InChI is InChI=1S/C15H23N3O2/c1-20-11-13-5-3-7-18(10-13)9-12-4-2-6-14(8-12)15(19)17-16/h2,4,6,8,13H,3,5,7,9-11,16H2,1H3,(H,17,19). The molecule has 5 nitrogen and oxygen atoms in total. The second-order valence-corrected chi connectivity index (χ2v) is 5.37. The third kappa shape index (κ3) is 4.03. The Hall–Kier alpha value is -1.43. The molecule has 0 bridgehead atoms. The lowest BCUT2D eigenvalue weighted by Crippen LogP contribution is -2.36. The van der Waals surface area contributed by atoms with E-state index in [0.29, 0.717) is 11.5 Å². The van der Waals surface area contributed by atoms with Crippen LogP contribution < -0.4 is 11.3 Å². The molecule has 5 heteroatoms. The molecule has 1 heterocycles. The molecule has 0 aromatic heterocycles. The third-order valence-corrected chi connectivity index (χ3v) is 3.73. The van der Waals surface area contributed by atoms with E-state index in [0.717, 1.165) is 31.8 Å². The number of amides is 1. The maximum Gasteiger partial charge on any atom is 0.265 e. The van der Waals surface area contributed by atoms with Gasteiger partial charge in [-0.3, -0.25) is 15.1 Å². The van der Waals surface area contributed by atoms with Gasteiger partial charge in [0.25, 0.3) is 5.91 Å². The van der Waals surface area contributed by atoms with Gasteiger partial charge in [-0.05, 0) is 43.0 Å². The van der Waals surface area contributed by atoms with Crippen molar-refractivity contribution in [1.29, 1.82) is 0 Å². The van der Waals surface area contributed by atoms with Gasteiger partial charge >= 0.3 is 0 Å². The van der Waals surface area contributed by atoms with E-state index in [4.69, 9.17) is 10.6 Å². The van der Waals surface area contributed by atoms with Crippen LogP contribution in [0.4, 0.5) is 0 Å². The lowest BCUT2D eigenvalue weighted by atomic mass is 9.98. The first-order valence-electron chi connectivity index (χ1n) is 7.04. The molecule has 1 atom stereocenters. The van der Waals surface area contributed by atoms with Gasteiger partial charge in [-0.25, -0.2) is 5.84 Å². The van der Waals surface area contributed by atoms with Gasteiger partial charge < -0.3 is 4.74 Å². The van der Waals surface area contributed by atoms with E-state index in [2.05, 4.69) is 10.3 Å². The Labute approximate surface area is 120 Å². The first-order chi connectivity index (χ1) is 9.72. The number of nitrogens with one attached hydrogen (secondary N) is 1. The molecule has 0 saturated carbocycles. The number of carbonyl (C=O) groups is 1. The average molecular weight is 277 g/mol. The molecule has 0 radical (unpaired) electrons. The zero-order valence-corrected chi connectivity index (χ0v) is 12.0. The van der Waals surface area contributed by atoms with E-state index in [-0.39, 0.29) is 5.91 Å². The zero-order chi connectivity index (χ0) is 14.4. The van der Waals surface area contributed by atoms with Crippen molar-refractivity contribution >= 4 is 5.91 Å². The number of rotatable bonds is 5. The molecule has 0 spiro atoms. The first-order valence-corrected chi connectivity index (χ1v) is 7.04. The van der Waals surface area contributed by atoms with Crippen LogP contribution >= 0.6 is 0 Å². The van der Waals surface area contributed by atoms with Gasteiger partial charge in [0.1, 0.15) is 0 Å². The number of likely N-dealkylation sites (tertiary alicyclic amines) is 1. The number of piperidine rings is 1. The number of hydrogen-bond donors (Lipinski definition) is 2. The Morgan fingerprint density at radius 2 is 2.40 bits per heavy atom. The quantitative estimate of drug-likeness (QED) is 0.481. The van der Waals surface area contributed by atoms with Gasteiger partial charge in [0.05, 0.1) is 6.61 Å². The summed E-state index contributed by atoms with van der Waals surface area (Å²) < 4.78 is 5.25. The van der Waals surface area contributed by atoms with Gasteiger partial charge in [0.2, 0.25) is 0 Å². The maximum atomic E-state index is 11.5. The average Bonchev–Trinajstić information content (AvgIpc) is 2.47. The molecule has 0 aliphatic carbocycles. The molecule has 20 heavy (non-hydrogen) atoms. The Morgan fingerprint density at radius 1 is 1.55 bits per heavy atom. The highest BCUT2D eigenvalue weighted by atomic mass is 16.5. The number of nitrogens with two attached hydrogens (primary N) is 1. The maximum absolute atomic E-state index is 11.5. The van der Waals surface area contributed by atoms with E-state index in [1.807, 2.05) is 18.2 Å². The molecule has 1 unspecified atom stereocenters. The van der Waals surface area contributed by atoms with Crippen molar-refractivity contribution in [2.75, 3.05) is 26.8 Å². The van der Waals surface area contributed by atoms with Crippen molar-refractivity contribution in [2.24, 2.45) is 11.8 Å². The van der Waals surface area contributed by atoms with E-state index < -0.39 is 0 Å². The second kappa shape index (κ2) is 7.38. The lowest BCUT2D eigenvalue weighted by molar-refractivity contribution is 0.0873. The van der Waals surface area contributed by atoms with Crippen LogP contribution in [0.1, 0.15) is 28.8 Å². The number of nitrogen functional groups attached to an aromatic ring is 1. The predicted octanol–water partition coefficient (Wildman–Crippen LogP) is 1.15. The SMILES string of the molecule is COCC1CCCN(Cc2cccc(C(=O)NN)c2)C1.